The Bertz CT molecular complexity index is 980. The monoisotopic (exact) mass is 375 g/mol. The first-order valence-corrected chi connectivity index (χ1v) is 9.17. The van der Waals surface area contributed by atoms with Crippen LogP contribution in [0.3, 0.4) is 0 Å². The van der Waals surface area contributed by atoms with E-state index in [1.807, 2.05) is 19.0 Å². The molecule has 0 bridgehead atoms. The van der Waals surface area contributed by atoms with E-state index in [1.165, 1.54) is 0 Å². The Kier molecular flexibility index (Phi) is 5.15. The van der Waals surface area contributed by atoms with Gasteiger partial charge in [0.1, 0.15) is 5.75 Å². The minimum absolute atomic E-state index is 0.0992. The quantitative estimate of drug-likeness (QED) is 0.651. The maximum atomic E-state index is 12.8. The lowest BCUT2D eigenvalue weighted by Crippen LogP contribution is -2.44. The summed E-state index contributed by atoms with van der Waals surface area (Å²) in [5, 5.41) is 12.4. The smallest absolute Gasteiger partial charge is 0.187 e. The van der Waals surface area contributed by atoms with Crippen LogP contribution >= 0.6 is 0 Å². The van der Waals surface area contributed by atoms with E-state index in [2.05, 4.69) is 37.4 Å². The average molecular weight is 375 g/mol. The van der Waals surface area contributed by atoms with Crippen LogP contribution in [0, 0.1) is 11.3 Å². The molecule has 1 aliphatic rings. The van der Waals surface area contributed by atoms with Crippen molar-refractivity contribution in [2.75, 3.05) is 26.1 Å². The molecule has 28 heavy (non-hydrogen) atoms. The highest BCUT2D eigenvalue weighted by Crippen LogP contribution is 2.38. The predicted molar refractivity (Wildman–Crippen MR) is 112 cm³/mol. The van der Waals surface area contributed by atoms with E-state index in [-0.39, 0.29) is 11.3 Å². The molecule has 5 nitrogen and oxygen atoms in total. The number of carbonyl (C=O) groups excluding carboxylic acids is 1. The highest BCUT2D eigenvalue weighted by Gasteiger charge is 2.29. The third-order valence-corrected chi connectivity index (χ3v) is 4.86. The summed E-state index contributed by atoms with van der Waals surface area (Å²) in [5.74, 6) is 0.720. The first-order valence-electron chi connectivity index (χ1n) is 9.17. The van der Waals surface area contributed by atoms with Gasteiger partial charge in [-0.2, -0.15) is 5.26 Å². The number of rotatable bonds is 4. The minimum Gasteiger partial charge on any atom is -0.495 e. The van der Waals surface area contributed by atoms with E-state index in [9.17, 15) is 4.79 Å². The first-order chi connectivity index (χ1) is 13.2. The molecule has 3 rings (SSSR count). The van der Waals surface area contributed by atoms with Crippen LogP contribution in [0.25, 0.3) is 5.70 Å². The summed E-state index contributed by atoms with van der Waals surface area (Å²) >= 11 is 0. The molecule has 0 radical (unpaired) electrons. The topological polar surface area (TPSA) is 65.4 Å². The lowest BCUT2D eigenvalue weighted by Gasteiger charge is -2.36. The second-order valence-electron chi connectivity index (χ2n) is 7.87. The molecule has 1 N–H and O–H groups in total. The number of benzene rings is 2. The number of fused-ring (bicyclic) bond motifs is 1. The number of hydrogen-bond acceptors (Lipinski definition) is 5. The maximum absolute atomic E-state index is 12.8. The molecular formula is C23H25N3O2. The fourth-order valence-electron chi connectivity index (χ4n) is 3.51. The summed E-state index contributed by atoms with van der Waals surface area (Å²) in [4.78, 5) is 14.8. The summed E-state index contributed by atoms with van der Waals surface area (Å²) in [5.41, 5.74) is 4.81. The van der Waals surface area contributed by atoms with E-state index >= 15 is 0 Å². The van der Waals surface area contributed by atoms with Gasteiger partial charge in [-0.05, 0) is 62.2 Å². The lowest BCUT2D eigenvalue weighted by molar-refractivity contribution is 0.104. The molecule has 1 heterocycles. The van der Waals surface area contributed by atoms with E-state index in [0.29, 0.717) is 11.1 Å². The molecule has 144 valence electrons. The Morgan fingerprint density at radius 3 is 2.50 bits per heavy atom. The second-order valence-corrected chi connectivity index (χ2v) is 7.87. The number of ketones is 1. The molecule has 0 unspecified atom stereocenters. The number of ether oxygens (including phenoxy) is 1. The Balaban J connectivity index is 2.08. The van der Waals surface area contributed by atoms with Gasteiger partial charge in [0.25, 0.3) is 0 Å². The van der Waals surface area contributed by atoms with Gasteiger partial charge >= 0.3 is 0 Å². The zero-order valence-corrected chi connectivity index (χ0v) is 17.0. The van der Waals surface area contributed by atoms with Crippen LogP contribution in [0.5, 0.6) is 5.75 Å². The molecule has 0 saturated heterocycles. The molecule has 0 saturated carbocycles. The van der Waals surface area contributed by atoms with Crippen molar-refractivity contribution < 1.29 is 9.53 Å². The van der Waals surface area contributed by atoms with Gasteiger partial charge in [-0.3, -0.25) is 4.79 Å². The van der Waals surface area contributed by atoms with Crippen molar-refractivity contribution in [1.29, 1.82) is 5.26 Å². The van der Waals surface area contributed by atoms with Gasteiger partial charge in [-0.1, -0.05) is 0 Å². The Morgan fingerprint density at radius 2 is 1.93 bits per heavy atom. The first kappa shape index (κ1) is 19.5. The van der Waals surface area contributed by atoms with Gasteiger partial charge in [0.15, 0.2) is 5.78 Å². The summed E-state index contributed by atoms with van der Waals surface area (Å²) < 4.78 is 5.57. The highest BCUT2D eigenvalue weighted by atomic mass is 16.5. The van der Waals surface area contributed by atoms with Crippen LogP contribution in [0.4, 0.5) is 5.69 Å². The molecule has 0 amide bonds. The highest BCUT2D eigenvalue weighted by molar-refractivity contribution is 6.08. The molecule has 2 aromatic rings. The van der Waals surface area contributed by atoms with Crippen molar-refractivity contribution in [2.45, 2.75) is 25.8 Å². The maximum Gasteiger partial charge on any atom is 0.187 e. The van der Waals surface area contributed by atoms with E-state index < -0.39 is 0 Å². The van der Waals surface area contributed by atoms with E-state index in [4.69, 9.17) is 10.00 Å². The van der Waals surface area contributed by atoms with Crippen molar-refractivity contribution in [3.8, 4) is 11.8 Å². The second kappa shape index (κ2) is 7.40. The normalized spacial score (nSPS) is 15.9. The number of nitriles is 1. The fraction of sp³-hybridized carbons (Fsp3) is 0.304. The van der Waals surface area contributed by atoms with Crippen LogP contribution in [-0.2, 0) is 6.42 Å². The number of nitrogens with one attached hydrogen (secondary N) is 1. The molecule has 0 fully saturated rings. The SMILES string of the molecule is COc1cc2c(cc1N(C)C)C(=CC(=O)c1ccc(C#N)cc1)NC(C)(C)C2. The largest absolute Gasteiger partial charge is 0.495 e. The zero-order chi connectivity index (χ0) is 20.5. The molecule has 0 spiro atoms. The van der Waals surface area contributed by atoms with Crippen molar-refractivity contribution in [3.05, 3.63) is 64.7 Å². The van der Waals surface area contributed by atoms with Gasteiger partial charge < -0.3 is 15.0 Å². The van der Waals surface area contributed by atoms with Crippen LogP contribution in [-0.4, -0.2) is 32.5 Å². The lowest BCUT2D eigenvalue weighted by atomic mass is 9.85. The molecule has 0 atom stereocenters. The Morgan fingerprint density at radius 1 is 1.25 bits per heavy atom. The number of hydrogen-bond donors (Lipinski definition) is 1. The Hall–Kier alpha value is -3.26. The average Bonchev–Trinajstić information content (AvgIpc) is 2.66. The zero-order valence-electron chi connectivity index (χ0n) is 17.0. The van der Waals surface area contributed by atoms with Gasteiger partial charge in [-0.25, -0.2) is 0 Å². The van der Waals surface area contributed by atoms with E-state index in [1.54, 1.807) is 37.5 Å². The third-order valence-electron chi connectivity index (χ3n) is 4.86. The van der Waals surface area contributed by atoms with Crippen molar-refractivity contribution in [3.63, 3.8) is 0 Å². The number of methoxy groups -OCH3 is 1. The number of allylic oxidation sites excluding steroid dienone is 1. The Labute approximate surface area is 166 Å². The number of anilines is 1. The molecule has 1 aliphatic heterocycles. The van der Waals surface area contributed by atoms with Crippen molar-refractivity contribution in [2.24, 2.45) is 0 Å². The molecule has 0 aromatic heterocycles. The summed E-state index contributed by atoms with van der Waals surface area (Å²) in [6, 6.07) is 12.9. The molecule has 0 aliphatic carbocycles. The predicted octanol–water partition coefficient (Wildman–Crippen LogP) is 3.78. The van der Waals surface area contributed by atoms with Crippen molar-refractivity contribution >= 4 is 17.2 Å². The molecule has 5 heteroatoms. The van der Waals surface area contributed by atoms with Gasteiger partial charge in [0.05, 0.1) is 24.4 Å². The summed E-state index contributed by atoms with van der Waals surface area (Å²) in [6.45, 7) is 4.23. The number of nitrogens with zero attached hydrogens (tertiary/aromatic N) is 2. The van der Waals surface area contributed by atoms with Crippen LogP contribution in [0.2, 0.25) is 0 Å². The van der Waals surface area contributed by atoms with Gasteiger partial charge in [-0.15, -0.1) is 0 Å². The van der Waals surface area contributed by atoms with Gasteiger partial charge in [0, 0.05) is 42.5 Å². The van der Waals surface area contributed by atoms with E-state index in [0.717, 1.165) is 34.7 Å². The third kappa shape index (κ3) is 3.86. The fourth-order valence-corrected chi connectivity index (χ4v) is 3.51. The van der Waals surface area contributed by atoms with Crippen LogP contribution < -0.4 is 15.0 Å². The van der Waals surface area contributed by atoms with Crippen LogP contribution in [0.1, 0.15) is 40.9 Å². The summed E-state index contributed by atoms with van der Waals surface area (Å²) in [6.07, 6.45) is 2.47. The number of carbonyl (C=O) groups is 1. The van der Waals surface area contributed by atoms with Crippen LogP contribution in [0.15, 0.2) is 42.5 Å². The molecular weight excluding hydrogens is 350 g/mol. The minimum atomic E-state index is -0.186. The van der Waals surface area contributed by atoms with Gasteiger partial charge in [0.2, 0.25) is 0 Å². The molecule has 2 aromatic carbocycles. The van der Waals surface area contributed by atoms with Crippen molar-refractivity contribution in [1.82, 2.24) is 5.32 Å². The standard InChI is InChI=1S/C23H25N3O2/c1-23(2)13-17-10-22(28-5)20(26(3)4)11-18(17)19(25-23)12-21(27)16-8-6-15(14-24)7-9-16/h6-12,25H,13H2,1-5H3. The summed E-state index contributed by atoms with van der Waals surface area (Å²) in [7, 11) is 5.61.